The fourth-order valence-corrected chi connectivity index (χ4v) is 2.20. The zero-order valence-corrected chi connectivity index (χ0v) is 8.13. The summed E-state index contributed by atoms with van der Waals surface area (Å²) in [6.45, 7) is 0.0465. The quantitative estimate of drug-likeness (QED) is 0.592. The standard InChI is InChI=1S/C7H12FNO3S/c1-13(11,12)9-3-2-6(5-10)7(8)4-9/h5-7H,2-4H2,1H3. The molecular weight excluding hydrogens is 197 g/mol. The molecule has 13 heavy (non-hydrogen) atoms. The molecule has 0 radical (unpaired) electrons. The Hall–Kier alpha value is -0.490. The molecule has 0 aromatic rings. The molecule has 2 atom stereocenters. The van der Waals surface area contributed by atoms with E-state index in [2.05, 4.69) is 0 Å². The van der Waals surface area contributed by atoms with Gasteiger partial charge in [0.15, 0.2) is 0 Å². The first-order chi connectivity index (χ1) is 5.95. The second-order valence-corrected chi connectivity index (χ2v) is 5.21. The smallest absolute Gasteiger partial charge is 0.211 e. The van der Waals surface area contributed by atoms with Crippen molar-refractivity contribution < 1.29 is 17.6 Å². The van der Waals surface area contributed by atoms with Gasteiger partial charge in [0, 0.05) is 19.0 Å². The fraction of sp³-hybridized carbons (Fsp3) is 0.857. The van der Waals surface area contributed by atoms with Crippen LogP contribution in [0.25, 0.3) is 0 Å². The Morgan fingerprint density at radius 1 is 1.54 bits per heavy atom. The molecule has 0 aliphatic carbocycles. The van der Waals surface area contributed by atoms with Crippen molar-refractivity contribution in [1.82, 2.24) is 4.31 Å². The number of hydrogen-bond acceptors (Lipinski definition) is 3. The van der Waals surface area contributed by atoms with Crippen molar-refractivity contribution in [2.75, 3.05) is 19.3 Å². The number of piperidine rings is 1. The van der Waals surface area contributed by atoms with Crippen molar-refractivity contribution in [3.05, 3.63) is 0 Å². The highest BCUT2D eigenvalue weighted by Crippen LogP contribution is 2.20. The Labute approximate surface area is 76.8 Å². The Kier molecular flexibility index (Phi) is 3.02. The number of aldehydes is 1. The molecule has 1 heterocycles. The maximum atomic E-state index is 13.1. The minimum absolute atomic E-state index is 0.192. The number of sulfonamides is 1. The third-order valence-corrected chi connectivity index (χ3v) is 3.47. The minimum Gasteiger partial charge on any atom is -0.303 e. The Bertz CT molecular complexity index is 290. The molecular formula is C7H12FNO3S. The summed E-state index contributed by atoms with van der Waals surface area (Å²) in [6.07, 6.45) is 0.518. The van der Waals surface area contributed by atoms with E-state index in [0.29, 0.717) is 6.29 Å². The lowest BCUT2D eigenvalue weighted by Gasteiger charge is -2.30. The first-order valence-corrected chi connectivity index (χ1v) is 5.84. The predicted octanol–water partition coefficient (Wildman–Crippen LogP) is -0.195. The molecule has 76 valence electrons. The summed E-state index contributed by atoms with van der Waals surface area (Å²) in [5.74, 6) is -0.641. The Balaban J connectivity index is 2.66. The lowest BCUT2D eigenvalue weighted by Crippen LogP contribution is -2.44. The van der Waals surface area contributed by atoms with Crippen molar-refractivity contribution in [2.45, 2.75) is 12.6 Å². The highest BCUT2D eigenvalue weighted by atomic mass is 32.2. The van der Waals surface area contributed by atoms with Crippen molar-refractivity contribution >= 4 is 16.3 Å². The summed E-state index contributed by atoms with van der Waals surface area (Å²) in [7, 11) is -3.31. The second kappa shape index (κ2) is 3.71. The second-order valence-electron chi connectivity index (χ2n) is 3.23. The van der Waals surface area contributed by atoms with Gasteiger partial charge in [-0.15, -0.1) is 0 Å². The summed E-state index contributed by atoms with van der Waals surface area (Å²) in [5, 5.41) is 0. The fourth-order valence-electron chi connectivity index (χ4n) is 1.35. The summed E-state index contributed by atoms with van der Waals surface area (Å²) >= 11 is 0. The molecule has 4 nitrogen and oxygen atoms in total. The molecule has 0 N–H and O–H groups in total. The SMILES string of the molecule is CS(=O)(=O)N1CCC(C=O)C(F)C1. The molecule has 0 amide bonds. The lowest BCUT2D eigenvalue weighted by atomic mass is 9.98. The molecule has 0 bridgehead atoms. The molecule has 0 aromatic heterocycles. The van der Waals surface area contributed by atoms with E-state index >= 15 is 0 Å². The van der Waals surface area contributed by atoms with E-state index in [-0.39, 0.29) is 19.5 Å². The van der Waals surface area contributed by atoms with Crippen LogP contribution in [-0.2, 0) is 14.8 Å². The number of halogens is 1. The number of carbonyl (C=O) groups is 1. The molecule has 0 spiro atoms. The number of hydrogen-bond donors (Lipinski definition) is 0. The van der Waals surface area contributed by atoms with E-state index in [0.717, 1.165) is 10.6 Å². The van der Waals surface area contributed by atoms with Crippen LogP contribution in [0.2, 0.25) is 0 Å². The van der Waals surface area contributed by atoms with Gasteiger partial charge in [-0.1, -0.05) is 0 Å². The van der Waals surface area contributed by atoms with Gasteiger partial charge in [0.1, 0.15) is 12.5 Å². The van der Waals surface area contributed by atoms with Crippen LogP contribution < -0.4 is 0 Å². The molecule has 0 aromatic carbocycles. The maximum Gasteiger partial charge on any atom is 0.211 e. The van der Waals surface area contributed by atoms with Crippen molar-refractivity contribution in [3.63, 3.8) is 0 Å². The van der Waals surface area contributed by atoms with E-state index < -0.39 is 22.1 Å². The molecule has 0 saturated carbocycles. The topological polar surface area (TPSA) is 54.5 Å². The van der Waals surface area contributed by atoms with Crippen LogP contribution >= 0.6 is 0 Å². The average molecular weight is 209 g/mol. The molecule has 1 rings (SSSR count). The van der Waals surface area contributed by atoms with Gasteiger partial charge in [0.05, 0.1) is 6.26 Å². The van der Waals surface area contributed by atoms with Crippen LogP contribution in [0.15, 0.2) is 0 Å². The van der Waals surface area contributed by atoms with Gasteiger partial charge in [0.2, 0.25) is 10.0 Å². The third-order valence-electron chi connectivity index (χ3n) is 2.20. The van der Waals surface area contributed by atoms with E-state index in [1.807, 2.05) is 0 Å². The van der Waals surface area contributed by atoms with E-state index in [4.69, 9.17) is 0 Å². The number of nitrogens with zero attached hydrogens (tertiary/aromatic N) is 1. The molecule has 6 heteroatoms. The predicted molar refractivity (Wildman–Crippen MR) is 45.5 cm³/mol. The molecule has 1 saturated heterocycles. The van der Waals surface area contributed by atoms with Crippen molar-refractivity contribution in [2.24, 2.45) is 5.92 Å². The molecule has 1 aliphatic rings. The minimum atomic E-state index is -3.31. The van der Waals surface area contributed by atoms with Crippen LogP contribution in [0, 0.1) is 5.92 Å². The van der Waals surface area contributed by atoms with Crippen LogP contribution in [0.3, 0.4) is 0 Å². The summed E-state index contributed by atoms with van der Waals surface area (Å²) in [5.41, 5.74) is 0. The lowest BCUT2D eigenvalue weighted by molar-refractivity contribution is -0.114. The highest BCUT2D eigenvalue weighted by molar-refractivity contribution is 7.88. The summed E-state index contributed by atoms with van der Waals surface area (Å²) in [4.78, 5) is 10.3. The van der Waals surface area contributed by atoms with Gasteiger partial charge in [-0.25, -0.2) is 12.8 Å². The van der Waals surface area contributed by atoms with Gasteiger partial charge in [-0.2, -0.15) is 4.31 Å². The number of rotatable bonds is 2. The molecule has 2 unspecified atom stereocenters. The van der Waals surface area contributed by atoms with Gasteiger partial charge in [-0.3, -0.25) is 0 Å². The Morgan fingerprint density at radius 3 is 2.54 bits per heavy atom. The Morgan fingerprint density at radius 2 is 2.15 bits per heavy atom. The van der Waals surface area contributed by atoms with Crippen LogP contribution in [-0.4, -0.2) is 44.5 Å². The van der Waals surface area contributed by atoms with E-state index in [1.54, 1.807) is 0 Å². The first-order valence-electron chi connectivity index (χ1n) is 3.99. The van der Waals surface area contributed by atoms with Crippen molar-refractivity contribution in [3.8, 4) is 0 Å². The zero-order chi connectivity index (χ0) is 10.1. The maximum absolute atomic E-state index is 13.1. The highest BCUT2D eigenvalue weighted by Gasteiger charge is 2.32. The largest absolute Gasteiger partial charge is 0.303 e. The summed E-state index contributed by atoms with van der Waals surface area (Å²) in [6, 6.07) is 0. The van der Waals surface area contributed by atoms with Crippen LogP contribution in [0.5, 0.6) is 0 Å². The van der Waals surface area contributed by atoms with Gasteiger partial charge >= 0.3 is 0 Å². The monoisotopic (exact) mass is 209 g/mol. The van der Waals surface area contributed by atoms with Gasteiger partial charge < -0.3 is 4.79 Å². The van der Waals surface area contributed by atoms with Gasteiger partial charge in [-0.05, 0) is 6.42 Å². The first kappa shape index (κ1) is 10.6. The van der Waals surface area contributed by atoms with Crippen LogP contribution in [0.1, 0.15) is 6.42 Å². The molecule has 1 aliphatic heterocycles. The van der Waals surface area contributed by atoms with Crippen LogP contribution in [0.4, 0.5) is 4.39 Å². The average Bonchev–Trinajstić information content (AvgIpc) is 2.02. The summed E-state index contributed by atoms with van der Waals surface area (Å²) < 4.78 is 36.2. The number of carbonyl (C=O) groups excluding carboxylic acids is 1. The number of alkyl halides is 1. The normalized spacial score (nSPS) is 31.5. The van der Waals surface area contributed by atoms with E-state index in [1.165, 1.54) is 0 Å². The van der Waals surface area contributed by atoms with E-state index in [9.17, 15) is 17.6 Å². The zero-order valence-electron chi connectivity index (χ0n) is 7.31. The van der Waals surface area contributed by atoms with Gasteiger partial charge in [0.25, 0.3) is 0 Å². The third kappa shape index (κ3) is 2.47. The van der Waals surface area contributed by atoms with Crippen molar-refractivity contribution in [1.29, 1.82) is 0 Å². The molecule has 1 fully saturated rings.